The van der Waals surface area contributed by atoms with Crippen LogP contribution in [0.2, 0.25) is 0 Å². The van der Waals surface area contributed by atoms with Gasteiger partial charge < -0.3 is 10.2 Å². The predicted molar refractivity (Wildman–Crippen MR) is 107 cm³/mol. The van der Waals surface area contributed by atoms with Crippen LogP contribution in [0.5, 0.6) is 0 Å². The highest BCUT2D eigenvalue weighted by Gasteiger charge is 2.06. The van der Waals surface area contributed by atoms with Crippen LogP contribution < -0.4 is 5.32 Å². The third-order valence-electron chi connectivity index (χ3n) is 4.42. The zero-order valence-electron chi connectivity index (χ0n) is 15.7. The summed E-state index contributed by atoms with van der Waals surface area (Å²) in [5, 5.41) is 7.19. The number of hydrogen-bond donors (Lipinski definition) is 1. The largest absolute Gasteiger partial charge is 0.352 e. The van der Waals surface area contributed by atoms with Gasteiger partial charge in [0.2, 0.25) is 0 Å². The number of aromatic nitrogens is 2. The summed E-state index contributed by atoms with van der Waals surface area (Å²) in [6, 6.07) is 20.0. The third-order valence-corrected chi connectivity index (χ3v) is 4.42. The van der Waals surface area contributed by atoms with Crippen LogP contribution in [0.1, 0.15) is 27.9 Å². The average molecular weight is 362 g/mol. The van der Waals surface area contributed by atoms with E-state index >= 15 is 0 Å². The first-order valence-corrected chi connectivity index (χ1v) is 9.28. The van der Waals surface area contributed by atoms with Gasteiger partial charge in [0, 0.05) is 31.0 Å². The SMILES string of the molecule is CN(CCCNC(=O)c1ccc(Cn2cccn2)cc1)Cc1ccccc1. The van der Waals surface area contributed by atoms with E-state index in [1.165, 1.54) is 5.56 Å². The molecule has 0 aliphatic carbocycles. The first-order chi connectivity index (χ1) is 13.2. The quantitative estimate of drug-likeness (QED) is 0.595. The monoisotopic (exact) mass is 362 g/mol. The van der Waals surface area contributed by atoms with Gasteiger partial charge in [-0.05, 0) is 49.3 Å². The fraction of sp³-hybridized carbons (Fsp3) is 0.273. The highest BCUT2D eigenvalue weighted by atomic mass is 16.1. The Balaban J connectivity index is 1.37. The van der Waals surface area contributed by atoms with Crippen LogP contribution in [0.25, 0.3) is 0 Å². The molecule has 3 aromatic rings. The zero-order chi connectivity index (χ0) is 18.9. The number of benzene rings is 2. The Kier molecular flexibility index (Phi) is 6.77. The maximum absolute atomic E-state index is 12.3. The summed E-state index contributed by atoms with van der Waals surface area (Å²) in [6.07, 6.45) is 4.61. The summed E-state index contributed by atoms with van der Waals surface area (Å²) in [4.78, 5) is 14.5. The Bertz CT molecular complexity index is 813. The molecule has 0 atom stereocenters. The van der Waals surface area contributed by atoms with E-state index in [9.17, 15) is 4.79 Å². The molecule has 0 bridgehead atoms. The van der Waals surface area contributed by atoms with Crippen molar-refractivity contribution in [3.05, 3.63) is 89.7 Å². The van der Waals surface area contributed by atoms with Gasteiger partial charge in [0.1, 0.15) is 0 Å². The van der Waals surface area contributed by atoms with Crippen LogP contribution in [0.15, 0.2) is 73.1 Å². The van der Waals surface area contributed by atoms with Crippen LogP contribution in [0.3, 0.4) is 0 Å². The standard InChI is InChI=1S/C22H26N4O/c1-25(17-19-7-3-2-4-8-19)15-5-13-23-22(27)21-11-9-20(10-12-21)18-26-16-6-14-24-26/h2-4,6-12,14,16H,5,13,15,17-18H2,1H3,(H,23,27). The molecule has 0 fully saturated rings. The highest BCUT2D eigenvalue weighted by molar-refractivity contribution is 5.94. The molecule has 1 N–H and O–H groups in total. The number of carbonyl (C=O) groups excluding carboxylic acids is 1. The Morgan fingerprint density at radius 3 is 2.52 bits per heavy atom. The Morgan fingerprint density at radius 2 is 1.81 bits per heavy atom. The Hall–Kier alpha value is -2.92. The van der Waals surface area contributed by atoms with E-state index in [0.29, 0.717) is 18.7 Å². The summed E-state index contributed by atoms with van der Waals surface area (Å²) in [5.74, 6) is -0.0219. The molecule has 1 aromatic heterocycles. The minimum atomic E-state index is -0.0219. The molecule has 140 valence electrons. The fourth-order valence-electron chi connectivity index (χ4n) is 2.97. The maximum atomic E-state index is 12.3. The van der Waals surface area contributed by atoms with Crippen LogP contribution in [-0.2, 0) is 13.1 Å². The third kappa shape index (κ3) is 6.08. The zero-order valence-corrected chi connectivity index (χ0v) is 15.7. The van der Waals surface area contributed by atoms with Crippen molar-refractivity contribution in [2.45, 2.75) is 19.5 Å². The van der Waals surface area contributed by atoms with Crippen molar-refractivity contribution in [2.24, 2.45) is 0 Å². The van der Waals surface area contributed by atoms with Crippen LogP contribution in [0, 0.1) is 0 Å². The second kappa shape index (κ2) is 9.69. The number of carbonyl (C=O) groups is 1. The first-order valence-electron chi connectivity index (χ1n) is 9.28. The molecule has 0 spiro atoms. The summed E-state index contributed by atoms with van der Waals surface area (Å²) in [7, 11) is 2.10. The van der Waals surface area contributed by atoms with Gasteiger partial charge in [0.15, 0.2) is 0 Å². The topological polar surface area (TPSA) is 50.2 Å². The number of hydrogen-bond acceptors (Lipinski definition) is 3. The molecule has 0 aliphatic heterocycles. The van der Waals surface area contributed by atoms with E-state index < -0.39 is 0 Å². The van der Waals surface area contributed by atoms with Crippen molar-refractivity contribution in [3.8, 4) is 0 Å². The predicted octanol–water partition coefficient (Wildman–Crippen LogP) is 3.18. The second-order valence-electron chi connectivity index (χ2n) is 6.73. The molecule has 1 heterocycles. The normalized spacial score (nSPS) is 10.9. The van der Waals surface area contributed by atoms with E-state index in [1.54, 1.807) is 6.20 Å². The maximum Gasteiger partial charge on any atom is 0.251 e. The van der Waals surface area contributed by atoms with E-state index in [2.05, 4.69) is 46.6 Å². The van der Waals surface area contributed by atoms with E-state index in [4.69, 9.17) is 0 Å². The van der Waals surface area contributed by atoms with Gasteiger partial charge in [-0.25, -0.2) is 0 Å². The first kappa shape index (κ1) is 18.9. The van der Waals surface area contributed by atoms with E-state index in [0.717, 1.165) is 25.1 Å². The molecule has 5 nitrogen and oxygen atoms in total. The smallest absolute Gasteiger partial charge is 0.251 e. The van der Waals surface area contributed by atoms with Gasteiger partial charge >= 0.3 is 0 Å². The molecule has 0 saturated carbocycles. The minimum Gasteiger partial charge on any atom is -0.352 e. The van der Waals surface area contributed by atoms with E-state index in [-0.39, 0.29) is 5.91 Å². The molecular formula is C22H26N4O. The van der Waals surface area contributed by atoms with Crippen molar-refractivity contribution < 1.29 is 4.79 Å². The summed E-state index contributed by atoms with van der Waals surface area (Å²) >= 11 is 0. The van der Waals surface area contributed by atoms with Gasteiger partial charge in [-0.15, -0.1) is 0 Å². The van der Waals surface area contributed by atoms with Crippen molar-refractivity contribution in [1.29, 1.82) is 0 Å². The highest BCUT2D eigenvalue weighted by Crippen LogP contribution is 2.06. The lowest BCUT2D eigenvalue weighted by Crippen LogP contribution is -2.28. The number of rotatable bonds is 9. The molecule has 0 aliphatic rings. The molecular weight excluding hydrogens is 336 g/mol. The average Bonchev–Trinajstić information content (AvgIpc) is 3.19. The summed E-state index contributed by atoms with van der Waals surface area (Å²) < 4.78 is 1.86. The van der Waals surface area contributed by atoms with Crippen LogP contribution in [-0.4, -0.2) is 40.7 Å². The molecule has 0 radical (unpaired) electrons. The van der Waals surface area contributed by atoms with Gasteiger partial charge in [0.05, 0.1) is 6.54 Å². The van der Waals surface area contributed by atoms with Crippen molar-refractivity contribution in [2.75, 3.05) is 20.1 Å². The molecule has 0 saturated heterocycles. The van der Waals surface area contributed by atoms with Crippen molar-refractivity contribution >= 4 is 5.91 Å². The summed E-state index contributed by atoms with van der Waals surface area (Å²) in [6.45, 7) is 3.25. The van der Waals surface area contributed by atoms with Crippen molar-refractivity contribution in [1.82, 2.24) is 20.0 Å². The molecule has 5 heteroatoms. The summed E-state index contributed by atoms with van der Waals surface area (Å²) in [5.41, 5.74) is 3.12. The second-order valence-corrected chi connectivity index (χ2v) is 6.73. The lowest BCUT2D eigenvalue weighted by atomic mass is 10.1. The molecule has 27 heavy (non-hydrogen) atoms. The van der Waals surface area contributed by atoms with Gasteiger partial charge in [-0.1, -0.05) is 42.5 Å². The number of nitrogens with zero attached hydrogens (tertiary/aromatic N) is 3. The van der Waals surface area contributed by atoms with Gasteiger partial charge in [0.25, 0.3) is 5.91 Å². The molecule has 2 aromatic carbocycles. The van der Waals surface area contributed by atoms with Crippen LogP contribution in [0.4, 0.5) is 0 Å². The van der Waals surface area contributed by atoms with Crippen molar-refractivity contribution in [3.63, 3.8) is 0 Å². The lowest BCUT2D eigenvalue weighted by molar-refractivity contribution is 0.0952. The molecule has 0 unspecified atom stereocenters. The van der Waals surface area contributed by atoms with E-state index in [1.807, 2.05) is 47.3 Å². The van der Waals surface area contributed by atoms with Crippen LogP contribution >= 0.6 is 0 Å². The van der Waals surface area contributed by atoms with Gasteiger partial charge in [-0.2, -0.15) is 5.10 Å². The fourth-order valence-corrected chi connectivity index (χ4v) is 2.97. The molecule has 1 amide bonds. The number of nitrogens with one attached hydrogen (secondary N) is 1. The Labute approximate surface area is 160 Å². The molecule has 3 rings (SSSR count). The minimum absolute atomic E-state index is 0.0219. The lowest BCUT2D eigenvalue weighted by Gasteiger charge is -2.16. The number of amides is 1. The Morgan fingerprint density at radius 1 is 1.04 bits per heavy atom. The van der Waals surface area contributed by atoms with Gasteiger partial charge in [-0.3, -0.25) is 9.48 Å².